The number of carboxylic acids is 1. The zero-order valence-corrected chi connectivity index (χ0v) is 30.4. The van der Waals surface area contributed by atoms with E-state index in [0.717, 1.165) is 17.5 Å². The summed E-state index contributed by atoms with van der Waals surface area (Å²) < 4.78 is 82.0. The monoisotopic (exact) mass is 787 g/mol. The summed E-state index contributed by atoms with van der Waals surface area (Å²) in [6.45, 7) is 3.00. The molecular weight excluding hydrogens is 744 g/mol. The minimum atomic E-state index is -4.74. The Balaban J connectivity index is 0.000000562. The number of para-hydroxylation sites is 1. The first-order chi connectivity index (χ1) is 25.5. The maximum absolute atomic E-state index is 13.9. The van der Waals surface area contributed by atoms with Crippen LogP contribution < -0.4 is 4.74 Å². The highest BCUT2D eigenvalue weighted by Gasteiger charge is 2.45. The first-order valence-corrected chi connectivity index (χ1v) is 18.5. The van der Waals surface area contributed by atoms with Gasteiger partial charge in [-0.25, -0.2) is 0 Å². The minimum Gasteiger partial charge on any atom is -0.507 e. The molecule has 3 N–H and O–H groups in total. The molecule has 54 heavy (non-hydrogen) atoms. The molecule has 17 heteroatoms. The van der Waals surface area contributed by atoms with Crippen LogP contribution in [-0.4, -0.2) is 80.2 Å². The van der Waals surface area contributed by atoms with Crippen molar-refractivity contribution in [2.75, 3.05) is 26.2 Å². The van der Waals surface area contributed by atoms with Gasteiger partial charge in [0.1, 0.15) is 22.1 Å². The van der Waals surface area contributed by atoms with E-state index in [1.807, 2.05) is 6.92 Å². The van der Waals surface area contributed by atoms with Crippen LogP contribution in [0.3, 0.4) is 0 Å². The molecule has 2 aliphatic heterocycles. The first kappa shape index (κ1) is 42.4. The molecular formula is C37H43F6N3O7S. The van der Waals surface area contributed by atoms with Crippen molar-refractivity contribution in [1.29, 1.82) is 0 Å². The highest BCUT2D eigenvalue weighted by molar-refractivity contribution is 7.10. The van der Waals surface area contributed by atoms with Crippen LogP contribution in [0.1, 0.15) is 91.2 Å². The predicted octanol–water partition coefficient (Wildman–Crippen LogP) is 7.74. The topological polar surface area (TPSA) is 140 Å². The standard InChI is InChI=1S/C32H40F3N3O6.C5H3F3OS/c1-2-9-25-22(10-8-18-38(25)30(42)28-24(32(33,34)35)12-7-17-36-28)29(41)37-19-15-31(43,16-20-37)23-11-3-4-13-26(23)44-21-6-5-14-27(39)40;6-5(7,8)4-1-3(9)2-10-4/h3-4,7,11-13,17,22,25,43H,2,5-6,8-10,14-16,18-21H2,1H3,(H,39,40);1-2,9H. The molecule has 2 aliphatic rings. The maximum atomic E-state index is 13.9. The number of nitrogens with zero attached hydrogens (tertiary/aromatic N) is 3. The number of thiophene rings is 1. The van der Waals surface area contributed by atoms with Gasteiger partial charge in [-0.2, -0.15) is 26.3 Å². The van der Waals surface area contributed by atoms with Crippen molar-refractivity contribution in [1.82, 2.24) is 14.8 Å². The van der Waals surface area contributed by atoms with Crippen LogP contribution in [0.15, 0.2) is 54.0 Å². The second kappa shape index (κ2) is 18.3. The number of piperidine rings is 2. The number of hydrogen-bond acceptors (Lipinski definition) is 8. The zero-order valence-electron chi connectivity index (χ0n) is 29.5. The van der Waals surface area contributed by atoms with Crippen molar-refractivity contribution in [3.05, 3.63) is 75.7 Å². The van der Waals surface area contributed by atoms with Gasteiger partial charge in [0.05, 0.1) is 23.7 Å². The number of alkyl halides is 6. The molecule has 0 bridgehead atoms. The summed E-state index contributed by atoms with van der Waals surface area (Å²) in [5, 5.41) is 30.0. The number of carbonyl (C=O) groups is 3. The third-order valence-corrected chi connectivity index (χ3v) is 10.4. The summed E-state index contributed by atoms with van der Waals surface area (Å²) in [4.78, 5) is 44.2. The number of pyridine rings is 1. The van der Waals surface area contributed by atoms with E-state index in [9.17, 15) is 45.8 Å². The van der Waals surface area contributed by atoms with Crippen molar-refractivity contribution in [2.24, 2.45) is 5.92 Å². The molecule has 5 rings (SSSR count). The number of aliphatic hydroxyl groups is 1. The Morgan fingerprint density at radius 2 is 1.70 bits per heavy atom. The Morgan fingerprint density at radius 1 is 1.00 bits per heavy atom. The van der Waals surface area contributed by atoms with E-state index in [1.165, 1.54) is 11.1 Å². The van der Waals surface area contributed by atoms with Gasteiger partial charge in [0.15, 0.2) is 0 Å². The van der Waals surface area contributed by atoms with Crippen LogP contribution in [0.25, 0.3) is 0 Å². The van der Waals surface area contributed by atoms with E-state index in [1.54, 1.807) is 29.2 Å². The third-order valence-electron chi connectivity index (χ3n) is 9.46. The summed E-state index contributed by atoms with van der Waals surface area (Å²) in [6, 6.07) is 9.28. The number of benzene rings is 1. The lowest BCUT2D eigenvalue weighted by Gasteiger charge is -2.45. The summed E-state index contributed by atoms with van der Waals surface area (Å²) in [7, 11) is 0. The average Bonchev–Trinajstić information content (AvgIpc) is 3.58. The normalized spacial score (nSPS) is 18.7. The number of halogens is 6. The fourth-order valence-electron chi connectivity index (χ4n) is 6.80. The van der Waals surface area contributed by atoms with Gasteiger partial charge in [0.2, 0.25) is 5.91 Å². The summed E-state index contributed by atoms with van der Waals surface area (Å²) in [5.74, 6) is -2.24. The number of ether oxygens (including phenoxy) is 1. The molecule has 296 valence electrons. The van der Waals surface area contributed by atoms with E-state index in [4.69, 9.17) is 14.9 Å². The highest BCUT2D eigenvalue weighted by atomic mass is 32.1. The molecule has 1 aromatic carbocycles. The molecule has 2 fully saturated rings. The second-order valence-corrected chi connectivity index (χ2v) is 14.1. The summed E-state index contributed by atoms with van der Waals surface area (Å²) in [5.41, 5.74) is -2.37. The van der Waals surface area contributed by atoms with E-state index >= 15 is 0 Å². The number of likely N-dealkylation sites (tertiary alicyclic amines) is 2. The van der Waals surface area contributed by atoms with Crippen LogP contribution in [0, 0.1) is 5.92 Å². The van der Waals surface area contributed by atoms with Gasteiger partial charge in [-0.3, -0.25) is 19.4 Å². The Hall–Kier alpha value is -4.38. The Morgan fingerprint density at radius 3 is 2.30 bits per heavy atom. The molecule has 10 nitrogen and oxygen atoms in total. The largest absolute Gasteiger partial charge is 0.507 e. The number of amides is 2. The lowest BCUT2D eigenvalue weighted by atomic mass is 9.81. The number of aromatic nitrogens is 1. The quantitative estimate of drug-likeness (QED) is 0.133. The smallest absolute Gasteiger partial charge is 0.425 e. The number of rotatable bonds is 11. The molecule has 4 heterocycles. The number of carboxylic acid groups (broad SMARTS) is 1. The van der Waals surface area contributed by atoms with Gasteiger partial charge in [0.25, 0.3) is 5.91 Å². The first-order valence-electron chi connectivity index (χ1n) is 17.6. The Labute approximate surface area is 312 Å². The van der Waals surface area contributed by atoms with Gasteiger partial charge in [0, 0.05) is 55.3 Å². The minimum absolute atomic E-state index is 0.0581. The number of hydrogen-bond donors (Lipinski definition) is 3. The average molecular weight is 788 g/mol. The molecule has 0 aliphatic carbocycles. The molecule has 2 amide bonds. The van der Waals surface area contributed by atoms with Crippen LogP contribution in [0.4, 0.5) is 26.3 Å². The molecule has 0 saturated carbocycles. The van der Waals surface area contributed by atoms with Crippen LogP contribution >= 0.6 is 11.3 Å². The number of aromatic hydroxyl groups is 1. The Bertz CT molecular complexity index is 1730. The SMILES string of the molecule is CCCC1C(C(=O)N2CCC(O)(c3ccccc3OCCCCC(=O)O)CC2)CCCN1C(=O)c1ncccc1C(F)(F)F.Oc1csc(C(F)(F)F)c1. The molecule has 2 aromatic heterocycles. The van der Waals surface area contributed by atoms with Gasteiger partial charge < -0.3 is 29.9 Å². The molecule has 2 saturated heterocycles. The van der Waals surface area contributed by atoms with Crippen molar-refractivity contribution in [2.45, 2.75) is 88.7 Å². The van der Waals surface area contributed by atoms with Gasteiger partial charge in [-0.05, 0) is 63.1 Å². The molecule has 0 spiro atoms. The fourth-order valence-corrected chi connectivity index (χ4v) is 7.44. The van der Waals surface area contributed by atoms with E-state index in [2.05, 4.69) is 4.98 Å². The molecule has 2 unspecified atom stereocenters. The molecule has 2 atom stereocenters. The van der Waals surface area contributed by atoms with E-state index in [-0.39, 0.29) is 50.6 Å². The summed E-state index contributed by atoms with van der Waals surface area (Å²) in [6.07, 6.45) is -4.19. The fraction of sp³-hybridized carbons (Fsp3) is 0.514. The van der Waals surface area contributed by atoms with Crippen LogP contribution in [-0.2, 0) is 27.5 Å². The predicted molar refractivity (Wildman–Crippen MR) is 186 cm³/mol. The van der Waals surface area contributed by atoms with Crippen molar-refractivity contribution in [3.8, 4) is 11.5 Å². The number of aliphatic carboxylic acids is 1. The van der Waals surface area contributed by atoms with Crippen molar-refractivity contribution in [3.63, 3.8) is 0 Å². The molecule has 0 radical (unpaired) electrons. The summed E-state index contributed by atoms with van der Waals surface area (Å²) >= 11 is 0.481. The number of carbonyl (C=O) groups excluding carboxylic acids is 2. The Kier molecular flexibility index (Phi) is 14.4. The van der Waals surface area contributed by atoms with Crippen molar-refractivity contribution < 1.29 is 60.8 Å². The van der Waals surface area contributed by atoms with Gasteiger partial charge >= 0.3 is 18.3 Å². The van der Waals surface area contributed by atoms with Gasteiger partial charge in [-0.15, -0.1) is 11.3 Å². The lowest BCUT2D eigenvalue weighted by molar-refractivity contribution is -0.144. The highest BCUT2D eigenvalue weighted by Crippen LogP contribution is 2.40. The lowest BCUT2D eigenvalue weighted by Crippen LogP contribution is -2.55. The molecule has 3 aromatic rings. The van der Waals surface area contributed by atoms with E-state index < -0.39 is 57.9 Å². The third kappa shape index (κ3) is 10.9. The van der Waals surface area contributed by atoms with Crippen molar-refractivity contribution >= 4 is 29.1 Å². The van der Waals surface area contributed by atoms with E-state index in [0.29, 0.717) is 73.8 Å². The number of unbranched alkanes of at least 4 members (excludes halogenated alkanes) is 1. The van der Waals surface area contributed by atoms with Gasteiger partial charge in [-0.1, -0.05) is 31.5 Å². The van der Waals surface area contributed by atoms with Crippen LogP contribution in [0.5, 0.6) is 11.5 Å². The van der Waals surface area contributed by atoms with Crippen LogP contribution in [0.2, 0.25) is 0 Å². The maximum Gasteiger partial charge on any atom is 0.425 e. The second-order valence-electron chi connectivity index (χ2n) is 13.2. The zero-order chi connectivity index (χ0) is 39.7.